The molecule has 2 heterocycles. The summed E-state index contributed by atoms with van der Waals surface area (Å²) in [7, 11) is 1.48. The summed E-state index contributed by atoms with van der Waals surface area (Å²) < 4.78 is 0. The number of aliphatic hydroxyl groups is 2. The van der Waals surface area contributed by atoms with Crippen molar-refractivity contribution in [1.29, 1.82) is 0 Å². The first kappa shape index (κ1) is 69.1. The van der Waals surface area contributed by atoms with Crippen LogP contribution in [0.2, 0.25) is 0 Å². The minimum absolute atomic E-state index is 0.0163. The van der Waals surface area contributed by atoms with E-state index in [1.165, 1.54) is 20.9 Å². The lowest BCUT2D eigenvalue weighted by Crippen LogP contribution is -2.62. The molecule has 1 aliphatic heterocycles. The third kappa shape index (κ3) is 21.4. The topological polar surface area (TPSA) is 458 Å². The molecule has 29 heteroatoms. The number of rotatable bonds is 30. The van der Waals surface area contributed by atoms with Gasteiger partial charge in [0.2, 0.25) is 53.2 Å². The number of likely N-dealkylation sites (tertiary alicyclic amines) is 1. The Bertz CT molecular complexity index is 3140. The second-order valence-corrected chi connectivity index (χ2v) is 22.4. The molecule has 476 valence electrons. The van der Waals surface area contributed by atoms with Gasteiger partial charge in [0.1, 0.15) is 48.3 Å². The van der Waals surface area contributed by atoms with Crippen LogP contribution < -0.4 is 70.6 Å². The van der Waals surface area contributed by atoms with E-state index < -0.39 is 132 Å². The number of para-hydroxylation sites is 1. The van der Waals surface area contributed by atoms with Crippen LogP contribution in [0.3, 0.4) is 0 Å². The number of aliphatic imine (C=N–C) groups is 1. The molecule has 3 aromatic carbocycles. The van der Waals surface area contributed by atoms with Gasteiger partial charge >= 0.3 is 6.03 Å². The van der Waals surface area contributed by atoms with Gasteiger partial charge < -0.3 is 79.8 Å². The van der Waals surface area contributed by atoms with Gasteiger partial charge in [0, 0.05) is 63.3 Å². The number of nitrogens with two attached hydrogens (primary N) is 3. The van der Waals surface area contributed by atoms with Crippen molar-refractivity contribution in [2.24, 2.45) is 28.1 Å². The van der Waals surface area contributed by atoms with Crippen LogP contribution in [0.1, 0.15) is 83.4 Å². The van der Waals surface area contributed by atoms with Gasteiger partial charge in [0.25, 0.3) is 5.91 Å². The number of aromatic nitrogens is 1. The summed E-state index contributed by atoms with van der Waals surface area (Å²) in [6.07, 6.45) is -1.06. The largest absolute Gasteiger partial charge is 0.391 e. The van der Waals surface area contributed by atoms with E-state index in [9.17, 15) is 63.0 Å². The van der Waals surface area contributed by atoms with E-state index in [2.05, 4.69) is 63.4 Å². The molecular formula is C59H82N16O13. The lowest BCUT2D eigenvalue weighted by molar-refractivity contribution is -0.142. The Morgan fingerprint density at radius 3 is 1.84 bits per heavy atom. The van der Waals surface area contributed by atoms with Crippen molar-refractivity contribution in [3.8, 4) is 0 Å². The molecule has 5 rings (SSSR count). The number of hydrogen-bond donors (Lipinski definition) is 16. The van der Waals surface area contributed by atoms with Crippen LogP contribution in [-0.2, 0) is 67.2 Å². The zero-order valence-corrected chi connectivity index (χ0v) is 50.0. The van der Waals surface area contributed by atoms with E-state index in [-0.39, 0.29) is 69.9 Å². The number of nitrogens with zero attached hydrogens (tertiary/aromatic N) is 2. The lowest BCUT2D eigenvalue weighted by atomic mass is 10.0. The Morgan fingerprint density at radius 2 is 1.25 bits per heavy atom. The van der Waals surface area contributed by atoms with Crippen molar-refractivity contribution in [3.05, 3.63) is 108 Å². The summed E-state index contributed by atoms with van der Waals surface area (Å²) in [5.41, 5.74) is 22.5. The van der Waals surface area contributed by atoms with Crippen molar-refractivity contribution >= 4 is 82.0 Å². The van der Waals surface area contributed by atoms with Crippen molar-refractivity contribution in [3.63, 3.8) is 0 Å². The molecule has 10 atom stereocenters. The highest BCUT2D eigenvalue weighted by Gasteiger charge is 2.48. The van der Waals surface area contributed by atoms with Crippen LogP contribution in [-0.4, -0.2) is 171 Å². The van der Waals surface area contributed by atoms with Gasteiger partial charge in [-0.15, -0.1) is 0 Å². The van der Waals surface area contributed by atoms with Crippen LogP contribution in [0.5, 0.6) is 0 Å². The number of urea groups is 1. The quantitative estimate of drug-likeness (QED) is 0.0109. The number of H-pyrrole nitrogens is 1. The molecule has 88 heavy (non-hydrogen) atoms. The number of aliphatic hydroxyl groups excluding tert-OH is 1. The van der Waals surface area contributed by atoms with Gasteiger partial charge in [0.05, 0.1) is 24.7 Å². The fourth-order valence-corrected chi connectivity index (χ4v) is 9.95. The number of fused-ring (bicyclic) bond motifs is 1. The molecule has 1 saturated heterocycles. The molecule has 29 nitrogen and oxygen atoms in total. The minimum atomic E-state index is -1.88. The number of nitrogens with one attached hydrogen (secondary N) is 11. The Kier molecular flexibility index (Phi) is 25.7. The summed E-state index contributed by atoms with van der Waals surface area (Å²) in [6.45, 7) is 7.15. The predicted octanol–water partition coefficient (Wildman–Crippen LogP) is -2.72. The number of guanidine groups is 1. The van der Waals surface area contributed by atoms with Gasteiger partial charge in [-0.25, -0.2) is 10.2 Å². The Labute approximate surface area is 508 Å². The second-order valence-electron chi connectivity index (χ2n) is 22.4. The number of aromatic amines is 1. The van der Waals surface area contributed by atoms with Crippen molar-refractivity contribution < 1.29 is 63.0 Å². The van der Waals surface area contributed by atoms with Gasteiger partial charge in [-0.1, -0.05) is 92.7 Å². The molecule has 12 amide bonds. The molecule has 0 aliphatic carbocycles. The van der Waals surface area contributed by atoms with Gasteiger partial charge in [0.15, 0.2) is 5.96 Å². The van der Waals surface area contributed by atoms with Crippen molar-refractivity contribution in [1.82, 2.24) is 63.3 Å². The summed E-state index contributed by atoms with van der Waals surface area (Å²) in [6, 6.07) is 11.5. The smallest absolute Gasteiger partial charge is 0.334 e. The number of carbonyl (C=O) groups is 11. The number of β-amino-alcohol motifs (C(OH)–C–C–N with tert-alkyl or cyclic N) is 1. The number of benzene rings is 3. The highest BCUT2D eigenvalue weighted by atomic mass is 16.3. The van der Waals surface area contributed by atoms with E-state index in [0.29, 0.717) is 16.7 Å². The summed E-state index contributed by atoms with van der Waals surface area (Å²) in [4.78, 5) is 158. The third-order valence-electron chi connectivity index (χ3n) is 14.3. The molecule has 0 radical (unpaired) electrons. The standard InChI is InChI=1S/C59H82N16O13/c1-32(2)24-42(51(81)67-40(22-15-23-64-57(62)63-6)50(80)68-41(49(61)79)27-37-30-65-39-21-14-13-20-38(37)39)71-58(87)74-73-53(83)43(25-35-16-9-7-10-17-35)70-55(85)48(33(3)76)72-52(82)44(28-47(60)78)69-54(84)46-29-59(5,88)31-75(46)56(86)45(66-34(4)77)26-36-18-11-8-12-19-36/h7-14,16-21,30,32-33,40-46,48,65,76,88H,15,22-29,31H2,1-6H3,(H2,60,78)(H2,61,79)(H,66,77)(H,67,81)(H,68,80)(H,69,84)(H,70,85)(H,72,82)(H,73,83)(H3,62,63,64)(H2,71,74,87)/t33-,40+,41+,42+,43+,44+,45+,46+,48+,59-/m1/s1. The maximum Gasteiger partial charge on any atom is 0.334 e. The molecule has 0 unspecified atom stereocenters. The summed E-state index contributed by atoms with van der Waals surface area (Å²) in [5.74, 6) is -9.23. The Balaban J connectivity index is 1.28. The summed E-state index contributed by atoms with van der Waals surface area (Å²) in [5, 5.41) is 43.4. The van der Waals surface area contributed by atoms with Crippen LogP contribution in [0.4, 0.5) is 4.79 Å². The molecule has 0 saturated carbocycles. The number of hydrazine groups is 1. The first-order valence-corrected chi connectivity index (χ1v) is 28.7. The average Bonchev–Trinajstić information content (AvgIpc) is 2.82. The van der Waals surface area contributed by atoms with E-state index >= 15 is 0 Å². The fraction of sp³-hybridized carbons (Fsp3) is 0.458. The maximum atomic E-state index is 14.1. The SMILES string of the molecule is CN=C(N)NCCC[C@H](NC(=O)[C@H](CC(C)C)NC(=O)NNC(=O)[C@H](Cc1ccccc1)NC(=O)[C@@H](NC(=O)[C@H](CC(N)=O)NC(=O)[C@@H]1C[C@@](C)(O)CN1C(=O)[C@H](Cc1ccccc1)NC(C)=O)[C@@H](C)O)C(=O)N[C@@H](Cc1c[nH]c2ccccc12)C(N)=O. The van der Waals surface area contributed by atoms with Crippen LogP contribution in [0.15, 0.2) is 96.1 Å². The molecule has 1 fully saturated rings. The molecule has 0 bridgehead atoms. The number of carbonyl (C=O) groups excluding carboxylic acids is 11. The first-order chi connectivity index (χ1) is 41.6. The van der Waals surface area contributed by atoms with Gasteiger partial charge in [-0.05, 0) is 61.8 Å². The van der Waals surface area contributed by atoms with Crippen LogP contribution in [0, 0.1) is 5.92 Å². The highest BCUT2D eigenvalue weighted by Crippen LogP contribution is 2.29. The average molecular weight is 1220 g/mol. The number of amides is 12. The van der Waals surface area contributed by atoms with Crippen molar-refractivity contribution in [2.75, 3.05) is 20.1 Å². The normalized spacial score (nSPS) is 17.5. The Morgan fingerprint density at radius 1 is 0.670 bits per heavy atom. The summed E-state index contributed by atoms with van der Waals surface area (Å²) >= 11 is 0. The Hall–Kier alpha value is -9.64. The van der Waals surface area contributed by atoms with E-state index in [4.69, 9.17) is 17.2 Å². The van der Waals surface area contributed by atoms with E-state index in [1.54, 1.807) is 80.7 Å². The van der Waals surface area contributed by atoms with Gasteiger partial charge in [-0.3, -0.25) is 58.4 Å². The number of primary amides is 2. The third-order valence-corrected chi connectivity index (χ3v) is 14.3. The molecule has 1 aromatic heterocycles. The van der Waals surface area contributed by atoms with E-state index in [1.807, 2.05) is 24.3 Å². The first-order valence-electron chi connectivity index (χ1n) is 28.7. The van der Waals surface area contributed by atoms with Crippen LogP contribution in [0.25, 0.3) is 10.9 Å². The van der Waals surface area contributed by atoms with Gasteiger partial charge in [-0.2, -0.15) is 0 Å². The lowest BCUT2D eigenvalue weighted by Gasteiger charge is -2.30. The van der Waals surface area contributed by atoms with Crippen molar-refractivity contribution in [2.45, 2.75) is 146 Å². The maximum absolute atomic E-state index is 14.1. The molecule has 19 N–H and O–H groups in total. The highest BCUT2D eigenvalue weighted by molar-refractivity contribution is 5.99. The van der Waals surface area contributed by atoms with Crippen LogP contribution >= 0.6 is 0 Å². The minimum Gasteiger partial charge on any atom is -0.391 e. The predicted molar refractivity (Wildman–Crippen MR) is 323 cm³/mol. The number of hydrogen-bond acceptors (Lipinski definition) is 14. The molecule has 1 aliphatic rings. The molecular weight excluding hydrogens is 1140 g/mol. The molecule has 4 aromatic rings. The van der Waals surface area contributed by atoms with E-state index in [0.717, 1.165) is 22.7 Å². The molecule has 0 spiro atoms. The zero-order valence-electron chi connectivity index (χ0n) is 50.0. The fourth-order valence-electron chi connectivity index (χ4n) is 9.95. The second kappa shape index (κ2) is 32.7. The zero-order chi connectivity index (χ0) is 64.8. The monoisotopic (exact) mass is 1220 g/mol.